The first-order chi connectivity index (χ1) is 6.27. The minimum atomic E-state index is 0.171. The molecule has 2 nitrogen and oxygen atoms in total. The van der Waals surface area contributed by atoms with E-state index in [0.717, 1.165) is 12.3 Å². The first kappa shape index (κ1) is 10.6. The Bertz CT molecular complexity index is 148. The highest BCUT2D eigenvalue weighted by Gasteiger charge is 2.25. The Balaban J connectivity index is 2.36. The average Bonchev–Trinajstić information content (AvgIpc) is 2.16. The van der Waals surface area contributed by atoms with E-state index in [0.29, 0.717) is 12.4 Å². The van der Waals surface area contributed by atoms with Gasteiger partial charge in [0, 0.05) is 0 Å². The van der Waals surface area contributed by atoms with E-state index in [1.54, 1.807) is 0 Å². The molecular formula is C11H20O2. The van der Waals surface area contributed by atoms with E-state index >= 15 is 0 Å². The molecule has 0 aromatic rings. The highest BCUT2D eigenvalue weighted by atomic mass is 16.5. The second-order valence-corrected chi connectivity index (χ2v) is 4.20. The summed E-state index contributed by atoms with van der Waals surface area (Å²) in [6, 6.07) is 0. The first-order valence-electron chi connectivity index (χ1n) is 5.37. The van der Waals surface area contributed by atoms with Crippen LogP contribution in [0.4, 0.5) is 0 Å². The summed E-state index contributed by atoms with van der Waals surface area (Å²) in [5.74, 6) is 1.48. The van der Waals surface area contributed by atoms with Gasteiger partial charge in [-0.1, -0.05) is 26.7 Å². The fraction of sp³-hybridized carbons (Fsp3) is 0.909. The standard InChI is InChI=1S/C11H20O2/c1-3-11(13-8-12)10-6-4-9(2)5-7-10/h8-11H,3-7H2,1-2H3. The van der Waals surface area contributed by atoms with Crippen molar-refractivity contribution in [2.45, 2.75) is 52.1 Å². The molecule has 1 atom stereocenters. The maximum absolute atomic E-state index is 10.3. The van der Waals surface area contributed by atoms with Gasteiger partial charge in [0.15, 0.2) is 0 Å². The quantitative estimate of drug-likeness (QED) is 0.628. The topological polar surface area (TPSA) is 26.3 Å². The van der Waals surface area contributed by atoms with Crippen molar-refractivity contribution in [1.82, 2.24) is 0 Å². The number of hydrogen-bond donors (Lipinski definition) is 0. The van der Waals surface area contributed by atoms with Gasteiger partial charge < -0.3 is 4.74 Å². The van der Waals surface area contributed by atoms with E-state index in [2.05, 4.69) is 13.8 Å². The van der Waals surface area contributed by atoms with E-state index in [1.807, 2.05) is 0 Å². The van der Waals surface area contributed by atoms with Crippen molar-refractivity contribution in [1.29, 1.82) is 0 Å². The predicted molar refractivity (Wildman–Crippen MR) is 52.4 cm³/mol. The van der Waals surface area contributed by atoms with Crippen LogP contribution in [-0.2, 0) is 9.53 Å². The summed E-state index contributed by atoms with van der Waals surface area (Å²) in [6.45, 7) is 5.00. The molecule has 0 heterocycles. The SMILES string of the molecule is CCC(OC=O)C1CCC(C)CC1. The van der Waals surface area contributed by atoms with E-state index in [-0.39, 0.29) is 6.10 Å². The van der Waals surface area contributed by atoms with Crippen molar-refractivity contribution in [2.24, 2.45) is 11.8 Å². The second-order valence-electron chi connectivity index (χ2n) is 4.20. The third-order valence-electron chi connectivity index (χ3n) is 3.22. The lowest BCUT2D eigenvalue weighted by atomic mass is 9.79. The lowest BCUT2D eigenvalue weighted by Gasteiger charge is -2.30. The highest BCUT2D eigenvalue weighted by Crippen LogP contribution is 2.32. The van der Waals surface area contributed by atoms with Gasteiger partial charge in [0.2, 0.25) is 0 Å². The van der Waals surface area contributed by atoms with Crippen molar-refractivity contribution < 1.29 is 9.53 Å². The Morgan fingerprint density at radius 2 is 2.00 bits per heavy atom. The maximum Gasteiger partial charge on any atom is 0.293 e. The summed E-state index contributed by atoms with van der Waals surface area (Å²) >= 11 is 0. The Hall–Kier alpha value is -0.530. The Kier molecular flexibility index (Phi) is 4.26. The number of carbonyl (C=O) groups is 1. The molecule has 0 aliphatic heterocycles. The normalized spacial score (nSPS) is 30.9. The molecule has 76 valence electrons. The molecule has 13 heavy (non-hydrogen) atoms. The molecule has 0 spiro atoms. The van der Waals surface area contributed by atoms with Crippen LogP contribution in [0.1, 0.15) is 46.0 Å². The Morgan fingerprint density at radius 1 is 1.38 bits per heavy atom. The van der Waals surface area contributed by atoms with Gasteiger partial charge in [0.05, 0.1) is 0 Å². The molecule has 0 N–H and O–H groups in total. The summed E-state index contributed by atoms with van der Waals surface area (Å²) in [6.07, 6.45) is 6.18. The first-order valence-corrected chi connectivity index (χ1v) is 5.37. The van der Waals surface area contributed by atoms with Crippen molar-refractivity contribution in [3.63, 3.8) is 0 Å². The molecule has 1 aliphatic carbocycles. The molecule has 1 unspecified atom stereocenters. The molecule has 1 saturated carbocycles. The van der Waals surface area contributed by atoms with Gasteiger partial charge in [-0.3, -0.25) is 4.79 Å². The van der Waals surface area contributed by atoms with Gasteiger partial charge >= 0.3 is 0 Å². The summed E-state index contributed by atoms with van der Waals surface area (Å²) in [7, 11) is 0. The third-order valence-corrected chi connectivity index (χ3v) is 3.22. The zero-order valence-corrected chi connectivity index (χ0v) is 8.66. The van der Waals surface area contributed by atoms with Crippen LogP contribution in [-0.4, -0.2) is 12.6 Å². The smallest absolute Gasteiger partial charge is 0.293 e. The van der Waals surface area contributed by atoms with Crippen LogP contribution < -0.4 is 0 Å². The number of carbonyl (C=O) groups excluding carboxylic acids is 1. The highest BCUT2D eigenvalue weighted by molar-refractivity contribution is 5.37. The maximum atomic E-state index is 10.3. The third kappa shape index (κ3) is 3.02. The van der Waals surface area contributed by atoms with Gasteiger partial charge in [-0.25, -0.2) is 0 Å². The van der Waals surface area contributed by atoms with Crippen LogP contribution in [0.5, 0.6) is 0 Å². The van der Waals surface area contributed by atoms with Gasteiger partial charge in [-0.15, -0.1) is 0 Å². The second kappa shape index (κ2) is 5.25. The molecule has 0 aromatic carbocycles. The molecule has 0 bridgehead atoms. The summed E-state index contributed by atoms with van der Waals surface area (Å²) in [5.41, 5.74) is 0. The molecule has 0 amide bonds. The van der Waals surface area contributed by atoms with Crippen LogP contribution in [0.2, 0.25) is 0 Å². The monoisotopic (exact) mass is 184 g/mol. The minimum absolute atomic E-state index is 0.171. The fourth-order valence-electron chi connectivity index (χ4n) is 2.27. The zero-order valence-electron chi connectivity index (χ0n) is 8.66. The molecule has 0 aromatic heterocycles. The minimum Gasteiger partial charge on any atom is -0.464 e. The van der Waals surface area contributed by atoms with Gasteiger partial charge in [-0.2, -0.15) is 0 Å². The largest absolute Gasteiger partial charge is 0.464 e. The van der Waals surface area contributed by atoms with Crippen LogP contribution in [0.15, 0.2) is 0 Å². The van der Waals surface area contributed by atoms with Crippen molar-refractivity contribution in [3.8, 4) is 0 Å². The number of ether oxygens (including phenoxy) is 1. The molecule has 0 radical (unpaired) electrons. The molecule has 1 rings (SSSR count). The molecule has 2 heteroatoms. The zero-order chi connectivity index (χ0) is 9.68. The predicted octanol–water partition coefficient (Wildman–Crippen LogP) is 2.76. The molecule has 1 aliphatic rings. The Morgan fingerprint density at radius 3 is 2.46 bits per heavy atom. The fourth-order valence-corrected chi connectivity index (χ4v) is 2.27. The summed E-state index contributed by atoms with van der Waals surface area (Å²) in [5, 5.41) is 0. The van der Waals surface area contributed by atoms with Crippen molar-refractivity contribution >= 4 is 6.47 Å². The van der Waals surface area contributed by atoms with Crippen molar-refractivity contribution in [2.75, 3.05) is 0 Å². The van der Waals surface area contributed by atoms with Crippen LogP contribution in [0.3, 0.4) is 0 Å². The van der Waals surface area contributed by atoms with E-state index in [4.69, 9.17) is 4.74 Å². The van der Waals surface area contributed by atoms with E-state index < -0.39 is 0 Å². The average molecular weight is 184 g/mol. The summed E-state index contributed by atoms with van der Waals surface area (Å²) < 4.78 is 5.09. The number of hydrogen-bond acceptors (Lipinski definition) is 2. The van der Waals surface area contributed by atoms with E-state index in [1.165, 1.54) is 25.7 Å². The van der Waals surface area contributed by atoms with Crippen molar-refractivity contribution in [3.05, 3.63) is 0 Å². The van der Waals surface area contributed by atoms with Crippen LogP contribution in [0.25, 0.3) is 0 Å². The van der Waals surface area contributed by atoms with Gasteiger partial charge in [0.1, 0.15) is 6.10 Å². The van der Waals surface area contributed by atoms with Crippen LogP contribution in [0, 0.1) is 11.8 Å². The van der Waals surface area contributed by atoms with E-state index in [9.17, 15) is 4.79 Å². The van der Waals surface area contributed by atoms with Gasteiger partial charge in [-0.05, 0) is 31.1 Å². The molecular weight excluding hydrogens is 164 g/mol. The Labute approximate surface area is 80.7 Å². The lowest BCUT2D eigenvalue weighted by molar-refractivity contribution is -0.137. The molecule has 1 fully saturated rings. The number of rotatable bonds is 4. The lowest BCUT2D eigenvalue weighted by Crippen LogP contribution is -2.26. The van der Waals surface area contributed by atoms with Crippen LogP contribution >= 0.6 is 0 Å². The van der Waals surface area contributed by atoms with Gasteiger partial charge in [0.25, 0.3) is 6.47 Å². The molecule has 0 saturated heterocycles. The summed E-state index contributed by atoms with van der Waals surface area (Å²) in [4.78, 5) is 10.3.